The van der Waals surface area contributed by atoms with E-state index in [9.17, 15) is 4.79 Å². The maximum atomic E-state index is 11.7. The van der Waals surface area contributed by atoms with Crippen molar-refractivity contribution in [3.63, 3.8) is 0 Å². The Morgan fingerprint density at radius 1 is 1.05 bits per heavy atom. The third-order valence-electron chi connectivity index (χ3n) is 3.13. The standard InChI is InChI=1S/C16H24BrNO/c1-2-3-4-5-6-7-12-18-16(19)13-14-8-10-15(17)11-9-14/h8-11H,2-7,12-13H2,1H3,(H,18,19). The fourth-order valence-electron chi connectivity index (χ4n) is 1.98. The van der Waals surface area contributed by atoms with Gasteiger partial charge in [-0.25, -0.2) is 0 Å². The van der Waals surface area contributed by atoms with Gasteiger partial charge in [0.05, 0.1) is 6.42 Å². The number of hydrogen-bond acceptors (Lipinski definition) is 1. The Bertz CT molecular complexity index is 362. The van der Waals surface area contributed by atoms with Crippen LogP contribution in [0.1, 0.15) is 51.0 Å². The molecule has 1 aromatic rings. The Labute approximate surface area is 125 Å². The van der Waals surface area contributed by atoms with Crippen LogP contribution in [0.4, 0.5) is 0 Å². The first-order valence-corrected chi connectivity index (χ1v) is 8.03. The summed E-state index contributed by atoms with van der Waals surface area (Å²) >= 11 is 3.39. The SMILES string of the molecule is CCCCCCCCNC(=O)Cc1ccc(Br)cc1. The van der Waals surface area contributed by atoms with Gasteiger partial charge in [0.2, 0.25) is 5.91 Å². The number of halogens is 1. The van der Waals surface area contributed by atoms with Gasteiger partial charge in [0.1, 0.15) is 0 Å². The summed E-state index contributed by atoms with van der Waals surface area (Å²) in [5.74, 6) is 0.121. The van der Waals surface area contributed by atoms with E-state index in [-0.39, 0.29) is 5.91 Å². The molecule has 1 rings (SSSR count). The third kappa shape index (κ3) is 8.04. The smallest absolute Gasteiger partial charge is 0.224 e. The number of unbranched alkanes of at least 4 members (excludes halogenated alkanes) is 5. The summed E-state index contributed by atoms with van der Waals surface area (Å²) < 4.78 is 1.05. The number of hydrogen-bond donors (Lipinski definition) is 1. The fraction of sp³-hybridized carbons (Fsp3) is 0.562. The Hall–Kier alpha value is -0.830. The highest BCUT2D eigenvalue weighted by Gasteiger charge is 2.02. The van der Waals surface area contributed by atoms with E-state index < -0.39 is 0 Å². The van der Waals surface area contributed by atoms with Crippen LogP contribution in [-0.2, 0) is 11.2 Å². The summed E-state index contributed by atoms with van der Waals surface area (Å²) in [5.41, 5.74) is 1.06. The van der Waals surface area contributed by atoms with Crippen molar-refractivity contribution >= 4 is 21.8 Å². The second-order valence-electron chi connectivity index (χ2n) is 4.92. The van der Waals surface area contributed by atoms with Gasteiger partial charge in [0.25, 0.3) is 0 Å². The molecule has 0 aromatic heterocycles. The van der Waals surface area contributed by atoms with Crippen molar-refractivity contribution in [2.75, 3.05) is 6.54 Å². The molecule has 106 valence electrons. The van der Waals surface area contributed by atoms with E-state index in [1.54, 1.807) is 0 Å². The molecule has 0 heterocycles. The number of carbonyl (C=O) groups is 1. The summed E-state index contributed by atoms with van der Waals surface area (Å²) in [7, 11) is 0. The first-order valence-electron chi connectivity index (χ1n) is 7.23. The molecule has 19 heavy (non-hydrogen) atoms. The largest absolute Gasteiger partial charge is 0.356 e. The van der Waals surface area contributed by atoms with Crippen LogP contribution >= 0.6 is 15.9 Å². The zero-order chi connectivity index (χ0) is 13.9. The molecule has 0 fully saturated rings. The normalized spacial score (nSPS) is 10.4. The second kappa shape index (κ2) is 10.0. The molecular formula is C16H24BrNO. The van der Waals surface area contributed by atoms with Crippen molar-refractivity contribution in [1.29, 1.82) is 0 Å². The Balaban J connectivity index is 2.06. The molecule has 0 bridgehead atoms. The fourth-order valence-corrected chi connectivity index (χ4v) is 2.25. The van der Waals surface area contributed by atoms with Gasteiger partial charge in [0, 0.05) is 11.0 Å². The van der Waals surface area contributed by atoms with Crippen molar-refractivity contribution in [2.24, 2.45) is 0 Å². The molecule has 0 spiro atoms. The van der Waals surface area contributed by atoms with Crippen molar-refractivity contribution in [2.45, 2.75) is 51.9 Å². The van der Waals surface area contributed by atoms with Crippen molar-refractivity contribution in [3.05, 3.63) is 34.3 Å². The van der Waals surface area contributed by atoms with Gasteiger partial charge in [0.15, 0.2) is 0 Å². The predicted octanol–water partition coefficient (Wildman–Crippen LogP) is 4.47. The van der Waals surface area contributed by atoms with Crippen LogP contribution in [0.5, 0.6) is 0 Å². The zero-order valence-corrected chi connectivity index (χ0v) is 13.3. The first kappa shape index (κ1) is 16.2. The van der Waals surface area contributed by atoms with Crippen LogP contribution in [0.25, 0.3) is 0 Å². The zero-order valence-electron chi connectivity index (χ0n) is 11.8. The summed E-state index contributed by atoms with van der Waals surface area (Å²) in [6.45, 7) is 3.03. The monoisotopic (exact) mass is 325 g/mol. The molecule has 1 amide bonds. The van der Waals surface area contributed by atoms with E-state index in [1.807, 2.05) is 24.3 Å². The lowest BCUT2D eigenvalue weighted by Gasteiger charge is -2.05. The molecule has 0 aliphatic rings. The number of carbonyl (C=O) groups excluding carboxylic acids is 1. The van der Waals surface area contributed by atoms with Gasteiger partial charge in [-0.05, 0) is 24.1 Å². The molecule has 0 atom stereocenters. The van der Waals surface area contributed by atoms with Gasteiger partial charge >= 0.3 is 0 Å². The topological polar surface area (TPSA) is 29.1 Å². The molecule has 0 radical (unpaired) electrons. The molecule has 3 heteroatoms. The van der Waals surface area contributed by atoms with E-state index in [4.69, 9.17) is 0 Å². The van der Waals surface area contributed by atoms with E-state index in [0.29, 0.717) is 6.42 Å². The predicted molar refractivity (Wildman–Crippen MR) is 84.2 cm³/mol. The Kier molecular flexibility index (Phi) is 8.55. The molecular weight excluding hydrogens is 302 g/mol. The number of amides is 1. The number of benzene rings is 1. The van der Waals surface area contributed by atoms with Gasteiger partial charge in [-0.3, -0.25) is 4.79 Å². The lowest BCUT2D eigenvalue weighted by molar-refractivity contribution is -0.120. The minimum atomic E-state index is 0.121. The van der Waals surface area contributed by atoms with E-state index >= 15 is 0 Å². The highest BCUT2D eigenvalue weighted by molar-refractivity contribution is 9.10. The summed E-state index contributed by atoms with van der Waals surface area (Å²) in [6, 6.07) is 7.90. The summed E-state index contributed by atoms with van der Waals surface area (Å²) in [5, 5.41) is 2.99. The second-order valence-corrected chi connectivity index (χ2v) is 5.84. The molecule has 0 unspecified atom stereocenters. The highest BCUT2D eigenvalue weighted by atomic mass is 79.9. The summed E-state index contributed by atoms with van der Waals surface area (Å²) in [4.78, 5) is 11.7. The van der Waals surface area contributed by atoms with Gasteiger partial charge in [-0.2, -0.15) is 0 Å². The molecule has 1 N–H and O–H groups in total. The van der Waals surface area contributed by atoms with Crippen LogP contribution < -0.4 is 5.32 Å². The molecule has 1 aromatic carbocycles. The molecule has 0 saturated carbocycles. The van der Waals surface area contributed by atoms with E-state index in [0.717, 1.165) is 23.0 Å². The number of rotatable bonds is 9. The van der Waals surface area contributed by atoms with Gasteiger partial charge in [-0.1, -0.05) is 67.1 Å². The number of nitrogens with one attached hydrogen (secondary N) is 1. The highest BCUT2D eigenvalue weighted by Crippen LogP contribution is 2.10. The lowest BCUT2D eigenvalue weighted by Crippen LogP contribution is -2.26. The summed E-state index contributed by atoms with van der Waals surface area (Å²) in [6.07, 6.45) is 8.01. The van der Waals surface area contributed by atoms with Crippen molar-refractivity contribution < 1.29 is 4.79 Å². The maximum absolute atomic E-state index is 11.7. The molecule has 2 nitrogen and oxygen atoms in total. The quantitative estimate of drug-likeness (QED) is 0.667. The van der Waals surface area contributed by atoms with Crippen LogP contribution in [0.3, 0.4) is 0 Å². The molecule has 0 aliphatic carbocycles. The van der Waals surface area contributed by atoms with Crippen molar-refractivity contribution in [3.8, 4) is 0 Å². The van der Waals surface area contributed by atoms with E-state index in [1.165, 1.54) is 32.1 Å². The van der Waals surface area contributed by atoms with Crippen molar-refractivity contribution in [1.82, 2.24) is 5.32 Å². The van der Waals surface area contributed by atoms with Crippen LogP contribution in [-0.4, -0.2) is 12.5 Å². The average Bonchev–Trinajstić information content (AvgIpc) is 2.40. The van der Waals surface area contributed by atoms with Gasteiger partial charge < -0.3 is 5.32 Å². The van der Waals surface area contributed by atoms with Crippen LogP contribution in [0.2, 0.25) is 0 Å². The lowest BCUT2D eigenvalue weighted by atomic mass is 10.1. The maximum Gasteiger partial charge on any atom is 0.224 e. The Morgan fingerprint density at radius 2 is 1.68 bits per heavy atom. The minimum absolute atomic E-state index is 0.121. The van der Waals surface area contributed by atoms with Crippen LogP contribution in [0, 0.1) is 0 Å². The first-order chi connectivity index (χ1) is 9.22. The third-order valence-corrected chi connectivity index (χ3v) is 3.66. The minimum Gasteiger partial charge on any atom is -0.356 e. The molecule has 0 saturated heterocycles. The van der Waals surface area contributed by atoms with Crippen LogP contribution in [0.15, 0.2) is 28.7 Å². The average molecular weight is 326 g/mol. The molecule has 0 aliphatic heterocycles. The van der Waals surface area contributed by atoms with Gasteiger partial charge in [-0.15, -0.1) is 0 Å². The van der Waals surface area contributed by atoms with E-state index in [2.05, 4.69) is 28.2 Å². The Morgan fingerprint density at radius 3 is 2.37 bits per heavy atom.